The summed E-state index contributed by atoms with van der Waals surface area (Å²) in [4.78, 5) is 11.6. The summed E-state index contributed by atoms with van der Waals surface area (Å²) >= 11 is 0. The molecule has 0 aliphatic heterocycles. The molecule has 18 heavy (non-hydrogen) atoms. The Bertz CT molecular complexity index is 393. The SMILES string of the molecule is CCC(CC)Nc1cnn(CC(=O)NC2CC2)c1. The number of aromatic nitrogens is 2. The Kier molecular flexibility index (Phi) is 4.23. The van der Waals surface area contributed by atoms with Crippen LogP contribution in [0.15, 0.2) is 12.4 Å². The maximum absolute atomic E-state index is 11.6. The van der Waals surface area contributed by atoms with Crippen LogP contribution in [0.2, 0.25) is 0 Å². The van der Waals surface area contributed by atoms with E-state index in [0.717, 1.165) is 31.4 Å². The first-order chi connectivity index (χ1) is 8.71. The highest BCUT2D eigenvalue weighted by molar-refractivity contribution is 5.76. The zero-order valence-corrected chi connectivity index (χ0v) is 11.1. The van der Waals surface area contributed by atoms with Gasteiger partial charge in [-0.25, -0.2) is 0 Å². The Morgan fingerprint density at radius 1 is 1.50 bits per heavy atom. The van der Waals surface area contributed by atoms with Gasteiger partial charge in [0.2, 0.25) is 5.91 Å². The quantitative estimate of drug-likeness (QED) is 0.775. The second-order valence-electron chi connectivity index (χ2n) is 4.93. The molecule has 5 heteroatoms. The van der Waals surface area contributed by atoms with Crippen molar-refractivity contribution in [2.24, 2.45) is 0 Å². The predicted molar refractivity (Wildman–Crippen MR) is 71.4 cm³/mol. The van der Waals surface area contributed by atoms with E-state index in [1.54, 1.807) is 10.9 Å². The lowest BCUT2D eigenvalue weighted by Gasteiger charge is -2.13. The third kappa shape index (κ3) is 3.75. The van der Waals surface area contributed by atoms with E-state index in [2.05, 4.69) is 29.6 Å². The summed E-state index contributed by atoms with van der Waals surface area (Å²) in [6, 6.07) is 0.887. The molecule has 1 saturated carbocycles. The minimum absolute atomic E-state index is 0.0506. The molecule has 0 aromatic carbocycles. The average Bonchev–Trinajstić information content (AvgIpc) is 3.05. The summed E-state index contributed by atoms with van der Waals surface area (Å²) in [5.74, 6) is 0.0506. The van der Waals surface area contributed by atoms with Gasteiger partial charge in [0.25, 0.3) is 0 Å². The minimum Gasteiger partial charge on any atom is -0.380 e. The van der Waals surface area contributed by atoms with Gasteiger partial charge in [-0.1, -0.05) is 13.8 Å². The lowest BCUT2D eigenvalue weighted by molar-refractivity contribution is -0.122. The monoisotopic (exact) mass is 250 g/mol. The lowest BCUT2D eigenvalue weighted by atomic mass is 10.2. The molecule has 0 unspecified atom stereocenters. The van der Waals surface area contributed by atoms with Crippen molar-refractivity contribution >= 4 is 11.6 Å². The van der Waals surface area contributed by atoms with Crippen molar-refractivity contribution in [2.45, 2.75) is 58.2 Å². The second kappa shape index (κ2) is 5.89. The molecule has 1 aliphatic carbocycles. The predicted octanol–water partition coefficient (Wildman–Crippen LogP) is 1.76. The first kappa shape index (κ1) is 12.9. The van der Waals surface area contributed by atoms with Crippen molar-refractivity contribution in [3.63, 3.8) is 0 Å². The van der Waals surface area contributed by atoms with Crippen LogP contribution in [0.4, 0.5) is 5.69 Å². The number of hydrogen-bond acceptors (Lipinski definition) is 3. The van der Waals surface area contributed by atoms with Gasteiger partial charge in [0.15, 0.2) is 0 Å². The Hall–Kier alpha value is -1.52. The average molecular weight is 250 g/mol. The van der Waals surface area contributed by atoms with E-state index in [0.29, 0.717) is 18.6 Å². The van der Waals surface area contributed by atoms with Gasteiger partial charge in [-0.3, -0.25) is 9.48 Å². The van der Waals surface area contributed by atoms with Crippen molar-refractivity contribution in [3.8, 4) is 0 Å². The van der Waals surface area contributed by atoms with Crippen LogP contribution >= 0.6 is 0 Å². The third-order valence-corrected chi connectivity index (χ3v) is 3.24. The van der Waals surface area contributed by atoms with Crippen LogP contribution in [-0.2, 0) is 11.3 Å². The molecule has 2 N–H and O–H groups in total. The Balaban J connectivity index is 1.82. The highest BCUT2D eigenvalue weighted by Crippen LogP contribution is 2.18. The zero-order chi connectivity index (χ0) is 13.0. The molecule has 1 aromatic rings. The first-order valence-electron chi connectivity index (χ1n) is 6.79. The summed E-state index contributed by atoms with van der Waals surface area (Å²) < 4.78 is 1.68. The van der Waals surface area contributed by atoms with Gasteiger partial charge in [-0.15, -0.1) is 0 Å². The van der Waals surface area contributed by atoms with Crippen molar-refractivity contribution in [3.05, 3.63) is 12.4 Å². The molecule has 1 aliphatic rings. The van der Waals surface area contributed by atoms with Crippen molar-refractivity contribution in [2.75, 3.05) is 5.32 Å². The normalized spacial score (nSPS) is 14.8. The number of carbonyl (C=O) groups is 1. The maximum Gasteiger partial charge on any atom is 0.241 e. The van der Waals surface area contributed by atoms with Crippen LogP contribution in [0.3, 0.4) is 0 Å². The van der Waals surface area contributed by atoms with Gasteiger partial charge in [0.1, 0.15) is 6.54 Å². The molecule has 1 aromatic heterocycles. The van der Waals surface area contributed by atoms with E-state index in [4.69, 9.17) is 0 Å². The van der Waals surface area contributed by atoms with E-state index in [1.807, 2.05) is 6.20 Å². The minimum atomic E-state index is 0.0506. The standard InChI is InChI=1S/C13H22N4O/c1-3-10(4-2)15-12-7-14-17(8-12)9-13(18)16-11-5-6-11/h7-8,10-11,15H,3-6,9H2,1-2H3,(H,16,18). The van der Waals surface area contributed by atoms with Crippen molar-refractivity contribution < 1.29 is 4.79 Å². The van der Waals surface area contributed by atoms with Gasteiger partial charge in [0.05, 0.1) is 11.9 Å². The van der Waals surface area contributed by atoms with E-state index in [1.165, 1.54) is 0 Å². The van der Waals surface area contributed by atoms with Gasteiger partial charge in [0, 0.05) is 18.3 Å². The van der Waals surface area contributed by atoms with E-state index < -0.39 is 0 Å². The molecule has 2 rings (SSSR count). The summed E-state index contributed by atoms with van der Waals surface area (Å²) in [5, 5.41) is 10.6. The van der Waals surface area contributed by atoms with Crippen LogP contribution in [0.5, 0.6) is 0 Å². The second-order valence-corrected chi connectivity index (χ2v) is 4.93. The number of carbonyl (C=O) groups excluding carboxylic acids is 1. The summed E-state index contributed by atoms with van der Waals surface area (Å²) in [5.41, 5.74) is 0.989. The van der Waals surface area contributed by atoms with Crippen molar-refractivity contribution in [1.82, 2.24) is 15.1 Å². The Morgan fingerprint density at radius 2 is 2.22 bits per heavy atom. The van der Waals surface area contributed by atoms with Crippen LogP contribution in [0, 0.1) is 0 Å². The number of rotatable bonds is 7. The third-order valence-electron chi connectivity index (χ3n) is 3.24. The van der Waals surface area contributed by atoms with Gasteiger partial charge < -0.3 is 10.6 Å². The van der Waals surface area contributed by atoms with Crippen LogP contribution < -0.4 is 10.6 Å². The molecular formula is C13H22N4O. The highest BCUT2D eigenvalue weighted by Gasteiger charge is 2.23. The number of amides is 1. The fourth-order valence-electron chi connectivity index (χ4n) is 1.90. The summed E-state index contributed by atoms with van der Waals surface area (Å²) in [6.45, 7) is 4.63. The fourth-order valence-corrected chi connectivity index (χ4v) is 1.90. The lowest BCUT2D eigenvalue weighted by Crippen LogP contribution is -2.29. The van der Waals surface area contributed by atoms with Crippen molar-refractivity contribution in [1.29, 1.82) is 0 Å². The van der Waals surface area contributed by atoms with E-state index >= 15 is 0 Å². The molecule has 1 fully saturated rings. The Labute approximate surface area is 108 Å². The molecular weight excluding hydrogens is 228 g/mol. The molecule has 100 valence electrons. The number of anilines is 1. The van der Waals surface area contributed by atoms with Gasteiger partial charge in [-0.05, 0) is 25.7 Å². The smallest absolute Gasteiger partial charge is 0.241 e. The van der Waals surface area contributed by atoms with Gasteiger partial charge in [-0.2, -0.15) is 5.10 Å². The maximum atomic E-state index is 11.6. The number of nitrogens with zero attached hydrogens (tertiary/aromatic N) is 2. The van der Waals surface area contributed by atoms with E-state index in [-0.39, 0.29) is 5.91 Å². The molecule has 0 radical (unpaired) electrons. The largest absolute Gasteiger partial charge is 0.380 e. The molecule has 0 spiro atoms. The Morgan fingerprint density at radius 3 is 2.83 bits per heavy atom. The molecule has 1 heterocycles. The number of nitrogens with one attached hydrogen (secondary N) is 2. The summed E-state index contributed by atoms with van der Waals surface area (Å²) in [7, 11) is 0. The molecule has 5 nitrogen and oxygen atoms in total. The fraction of sp³-hybridized carbons (Fsp3) is 0.692. The topological polar surface area (TPSA) is 59.0 Å². The van der Waals surface area contributed by atoms with Crippen LogP contribution in [0.1, 0.15) is 39.5 Å². The molecule has 1 amide bonds. The highest BCUT2D eigenvalue weighted by atomic mass is 16.2. The van der Waals surface area contributed by atoms with Gasteiger partial charge >= 0.3 is 0 Å². The molecule has 0 atom stereocenters. The van der Waals surface area contributed by atoms with Crippen LogP contribution in [0.25, 0.3) is 0 Å². The first-order valence-corrected chi connectivity index (χ1v) is 6.79. The number of hydrogen-bond donors (Lipinski definition) is 2. The van der Waals surface area contributed by atoms with E-state index in [9.17, 15) is 4.79 Å². The molecule has 0 bridgehead atoms. The van der Waals surface area contributed by atoms with Crippen LogP contribution in [-0.4, -0.2) is 27.8 Å². The molecule has 0 saturated heterocycles. The zero-order valence-electron chi connectivity index (χ0n) is 11.1. The summed E-state index contributed by atoms with van der Waals surface area (Å²) in [6.07, 6.45) is 8.08.